The number of carbonyl (C=O) groups excluding carboxylic acids is 1. The van der Waals surface area contributed by atoms with Crippen LogP contribution in [0.4, 0.5) is 10.6 Å². The van der Waals surface area contributed by atoms with E-state index in [1.807, 2.05) is 20.8 Å². The number of hydrogen-bond donors (Lipinski definition) is 3. The second kappa shape index (κ2) is 12.8. The minimum atomic E-state index is -4.25. The van der Waals surface area contributed by atoms with Gasteiger partial charge in [0.1, 0.15) is 12.5 Å². The van der Waals surface area contributed by atoms with Gasteiger partial charge in [0.25, 0.3) is 0 Å². The molecule has 2 fully saturated rings. The molecule has 4 heterocycles. The minimum Gasteiger partial charge on any atom is -0.434 e. The van der Waals surface area contributed by atoms with E-state index in [4.69, 9.17) is 35.1 Å². The molecule has 15 nitrogen and oxygen atoms in total. The fourth-order valence-electron chi connectivity index (χ4n) is 4.10. The van der Waals surface area contributed by atoms with Crippen molar-refractivity contribution in [3.05, 3.63) is 11.6 Å². The standard InChI is InChI=1S/C23H35ClN5O10P/c1-13-15(8-35-12-40(32,33)38-11-37-22(31)36-9-23(2,3)4)39-20(17(13)30)29-10-25-16-18(26-14-5-6-34-7-14)27-21(24)28-19(16)29/h10,13-15,17,20,30H,5-9,11-12H2,1-4H3,(H,32,33)(H,26,27,28)/t13-,14+,15-,17-,20-/m1/s1. The van der Waals surface area contributed by atoms with Crippen LogP contribution in [0, 0.1) is 11.3 Å². The first kappa shape index (κ1) is 30.8. The van der Waals surface area contributed by atoms with Gasteiger partial charge in [-0.25, -0.2) is 9.78 Å². The number of imidazole rings is 1. The van der Waals surface area contributed by atoms with E-state index in [1.165, 1.54) is 6.33 Å². The molecule has 2 saturated heterocycles. The summed E-state index contributed by atoms with van der Waals surface area (Å²) >= 11 is 6.18. The summed E-state index contributed by atoms with van der Waals surface area (Å²) in [6.45, 7) is 7.78. The van der Waals surface area contributed by atoms with Crippen molar-refractivity contribution in [1.29, 1.82) is 0 Å². The molecule has 6 atom stereocenters. The first-order valence-electron chi connectivity index (χ1n) is 12.7. The summed E-state index contributed by atoms with van der Waals surface area (Å²) in [4.78, 5) is 34.5. The zero-order valence-corrected chi connectivity index (χ0v) is 24.3. The van der Waals surface area contributed by atoms with Gasteiger partial charge in [0.05, 0.1) is 38.3 Å². The van der Waals surface area contributed by atoms with Crippen molar-refractivity contribution in [2.75, 3.05) is 44.9 Å². The Kier molecular flexibility index (Phi) is 9.89. The zero-order chi connectivity index (χ0) is 29.1. The highest BCUT2D eigenvalue weighted by molar-refractivity contribution is 7.52. The molecule has 1 unspecified atom stereocenters. The van der Waals surface area contributed by atoms with E-state index in [2.05, 4.69) is 25.0 Å². The predicted octanol–water partition coefficient (Wildman–Crippen LogP) is 2.91. The topological polar surface area (TPSA) is 186 Å². The predicted molar refractivity (Wildman–Crippen MR) is 141 cm³/mol. The molecule has 0 aliphatic carbocycles. The highest BCUT2D eigenvalue weighted by Crippen LogP contribution is 2.42. The first-order valence-corrected chi connectivity index (χ1v) is 14.9. The first-order chi connectivity index (χ1) is 18.8. The monoisotopic (exact) mass is 607 g/mol. The van der Waals surface area contributed by atoms with E-state index in [9.17, 15) is 19.4 Å². The van der Waals surface area contributed by atoms with Gasteiger partial charge in [0.2, 0.25) is 12.1 Å². The van der Waals surface area contributed by atoms with Crippen LogP contribution in [0.2, 0.25) is 5.28 Å². The van der Waals surface area contributed by atoms with Crippen LogP contribution in [0.15, 0.2) is 6.33 Å². The fourth-order valence-corrected chi connectivity index (χ4v) is 4.89. The van der Waals surface area contributed by atoms with Crippen LogP contribution in [-0.4, -0.2) is 93.5 Å². The second-order valence-corrected chi connectivity index (χ2v) is 13.0. The lowest BCUT2D eigenvalue weighted by atomic mass is 9.99. The molecule has 40 heavy (non-hydrogen) atoms. The van der Waals surface area contributed by atoms with Crippen LogP contribution in [0.3, 0.4) is 0 Å². The number of fused-ring (bicyclic) bond motifs is 1. The minimum absolute atomic E-state index is 0.00114. The average molecular weight is 608 g/mol. The maximum absolute atomic E-state index is 12.3. The molecule has 0 saturated carbocycles. The molecular weight excluding hydrogens is 573 g/mol. The van der Waals surface area contributed by atoms with E-state index in [0.29, 0.717) is 30.2 Å². The number of aromatic nitrogens is 4. The molecule has 0 radical (unpaired) electrons. The quantitative estimate of drug-likeness (QED) is 0.146. The van der Waals surface area contributed by atoms with Crippen LogP contribution in [0.25, 0.3) is 11.2 Å². The third kappa shape index (κ3) is 8.01. The van der Waals surface area contributed by atoms with Gasteiger partial charge in [-0.3, -0.25) is 13.7 Å². The van der Waals surface area contributed by atoms with E-state index in [-0.39, 0.29) is 30.0 Å². The summed E-state index contributed by atoms with van der Waals surface area (Å²) in [6, 6.07) is 0.0644. The van der Waals surface area contributed by atoms with E-state index >= 15 is 0 Å². The molecule has 0 aromatic carbocycles. The van der Waals surface area contributed by atoms with Crippen LogP contribution in [0.1, 0.15) is 40.3 Å². The Morgan fingerprint density at radius 3 is 2.80 bits per heavy atom. The van der Waals surface area contributed by atoms with Crippen molar-refractivity contribution in [1.82, 2.24) is 19.5 Å². The summed E-state index contributed by atoms with van der Waals surface area (Å²) in [5, 5.41) is 14.2. The molecular formula is C23H35ClN5O10P. The molecule has 2 aliphatic rings. The number of anilines is 1. The number of nitrogens with zero attached hydrogens (tertiary/aromatic N) is 4. The van der Waals surface area contributed by atoms with Gasteiger partial charge in [-0.05, 0) is 23.4 Å². The summed E-state index contributed by atoms with van der Waals surface area (Å²) in [5.74, 6) is 0.0442. The van der Waals surface area contributed by atoms with Crippen molar-refractivity contribution in [2.24, 2.45) is 11.3 Å². The Hall–Kier alpha value is -2.10. The Morgan fingerprint density at radius 1 is 1.32 bits per heavy atom. The normalized spacial score (nSPS) is 26.6. The molecule has 0 spiro atoms. The Labute approximate surface area is 235 Å². The number of rotatable bonds is 11. The smallest absolute Gasteiger partial charge is 0.434 e. The summed E-state index contributed by atoms with van der Waals surface area (Å²) in [5.41, 5.74) is 0.568. The molecule has 2 aromatic rings. The summed E-state index contributed by atoms with van der Waals surface area (Å²) in [7, 11) is -4.25. The van der Waals surface area contributed by atoms with Gasteiger partial charge in [0.15, 0.2) is 23.2 Å². The van der Waals surface area contributed by atoms with Crippen molar-refractivity contribution in [3.63, 3.8) is 0 Å². The molecule has 17 heteroatoms. The lowest BCUT2D eigenvalue weighted by molar-refractivity contribution is -0.0589. The number of ether oxygens (including phenoxy) is 5. The lowest BCUT2D eigenvalue weighted by Gasteiger charge is -2.18. The van der Waals surface area contributed by atoms with Gasteiger partial charge in [-0.15, -0.1) is 0 Å². The van der Waals surface area contributed by atoms with Gasteiger partial charge in [-0.2, -0.15) is 9.97 Å². The summed E-state index contributed by atoms with van der Waals surface area (Å²) in [6.07, 6.45) is -1.87. The highest BCUT2D eigenvalue weighted by Gasteiger charge is 2.43. The van der Waals surface area contributed by atoms with E-state index in [1.54, 1.807) is 11.5 Å². The Balaban J connectivity index is 1.30. The van der Waals surface area contributed by atoms with E-state index in [0.717, 1.165) is 6.42 Å². The van der Waals surface area contributed by atoms with Crippen molar-refractivity contribution >= 4 is 42.3 Å². The highest BCUT2D eigenvalue weighted by atomic mass is 35.5. The van der Waals surface area contributed by atoms with Gasteiger partial charge >= 0.3 is 13.8 Å². The van der Waals surface area contributed by atoms with Crippen molar-refractivity contribution < 1.29 is 47.6 Å². The van der Waals surface area contributed by atoms with Crippen LogP contribution < -0.4 is 5.32 Å². The number of halogens is 1. The molecule has 0 amide bonds. The molecule has 3 N–H and O–H groups in total. The van der Waals surface area contributed by atoms with Crippen molar-refractivity contribution in [3.8, 4) is 0 Å². The molecule has 2 aromatic heterocycles. The molecule has 2 aliphatic heterocycles. The SMILES string of the molecule is C[C@H]1[C@@H](O)[C@H](n2cnc3c(N[C@H]4CCOC4)nc(Cl)nc32)O[C@@H]1COCP(=O)(O)OCOC(=O)OCC(C)(C)C. The number of aliphatic hydroxyl groups excluding tert-OH is 1. The number of aliphatic hydroxyl groups is 1. The number of hydrogen-bond acceptors (Lipinski definition) is 13. The van der Waals surface area contributed by atoms with Crippen LogP contribution >= 0.6 is 19.2 Å². The molecule has 224 valence electrons. The fraction of sp³-hybridized carbons (Fsp3) is 0.739. The molecule has 0 bridgehead atoms. The second-order valence-electron chi connectivity index (χ2n) is 10.9. The van der Waals surface area contributed by atoms with Gasteiger partial charge in [0, 0.05) is 12.5 Å². The Bertz CT molecular complexity index is 1220. The molecule has 4 rings (SSSR count). The Morgan fingerprint density at radius 2 is 2.10 bits per heavy atom. The largest absolute Gasteiger partial charge is 0.510 e. The van der Waals surface area contributed by atoms with Crippen molar-refractivity contribution in [2.45, 2.75) is 58.6 Å². The maximum Gasteiger partial charge on any atom is 0.510 e. The zero-order valence-electron chi connectivity index (χ0n) is 22.7. The van der Waals surface area contributed by atoms with Crippen LogP contribution in [0.5, 0.6) is 0 Å². The lowest BCUT2D eigenvalue weighted by Crippen LogP contribution is -2.26. The van der Waals surface area contributed by atoms with Gasteiger partial charge < -0.3 is 39.0 Å². The van der Waals surface area contributed by atoms with Gasteiger partial charge in [-0.1, -0.05) is 27.7 Å². The third-order valence-corrected chi connectivity index (χ3v) is 7.45. The summed E-state index contributed by atoms with van der Waals surface area (Å²) < 4.78 is 44.9. The number of carbonyl (C=O) groups is 1. The maximum atomic E-state index is 12.3. The average Bonchev–Trinajstić information content (AvgIpc) is 3.59. The number of nitrogens with one attached hydrogen (secondary N) is 1. The van der Waals surface area contributed by atoms with Crippen LogP contribution in [-0.2, 0) is 32.8 Å². The third-order valence-electron chi connectivity index (χ3n) is 6.26. The van der Waals surface area contributed by atoms with E-state index < -0.39 is 51.2 Å².